The Morgan fingerprint density at radius 2 is 2.25 bits per heavy atom. The van der Waals surface area contributed by atoms with Gasteiger partial charge < -0.3 is 10.1 Å². The number of nitrogens with one attached hydrogen (secondary N) is 1. The Kier molecular flexibility index (Phi) is 6.68. The number of benzene rings is 1. The highest BCUT2D eigenvalue weighted by Gasteiger charge is 2.12. The van der Waals surface area contributed by atoms with Crippen LogP contribution in [0.1, 0.15) is 37.3 Å². The van der Waals surface area contributed by atoms with E-state index < -0.39 is 0 Å². The molecule has 0 saturated carbocycles. The molecule has 0 fully saturated rings. The molecule has 0 amide bonds. The topological polar surface area (TPSA) is 21.3 Å². The van der Waals surface area contributed by atoms with Crippen LogP contribution >= 0.6 is 11.6 Å². The fourth-order valence-corrected chi connectivity index (χ4v) is 3.15. The van der Waals surface area contributed by atoms with Crippen LogP contribution in [0.4, 0.5) is 0 Å². The van der Waals surface area contributed by atoms with E-state index in [1.54, 1.807) is 0 Å². The van der Waals surface area contributed by atoms with Gasteiger partial charge in [-0.3, -0.25) is 0 Å². The van der Waals surface area contributed by atoms with E-state index in [9.17, 15) is 0 Å². The molecule has 0 saturated heterocycles. The molecular weight excluding hydrogens is 270 g/mol. The SMILES string of the molecule is CCCC(CCCl)CNCCc1ccc2c(c1)CCO2. The fourth-order valence-electron chi connectivity index (χ4n) is 2.85. The second kappa shape index (κ2) is 8.53. The predicted octanol–water partition coefficient (Wildman–Crippen LogP) is 3.80. The number of alkyl halides is 1. The van der Waals surface area contributed by atoms with Gasteiger partial charge in [0.1, 0.15) is 5.75 Å². The van der Waals surface area contributed by atoms with Gasteiger partial charge in [0.05, 0.1) is 6.61 Å². The Balaban J connectivity index is 1.70. The second-order valence-corrected chi connectivity index (χ2v) is 6.00. The van der Waals surface area contributed by atoms with Gasteiger partial charge >= 0.3 is 0 Å². The molecule has 3 heteroatoms. The highest BCUT2D eigenvalue weighted by atomic mass is 35.5. The van der Waals surface area contributed by atoms with Gasteiger partial charge in [0.25, 0.3) is 0 Å². The first-order chi connectivity index (χ1) is 9.83. The zero-order valence-electron chi connectivity index (χ0n) is 12.5. The number of fused-ring (bicyclic) bond motifs is 1. The van der Waals surface area contributed by atoms with E-state index >= 15 is 0 Å². The summed E-state index contributed by atoms with van der Waals surface area (Å²) in [7, 11) is 0. The molecule has 2 nitrogen and oxygen atoms in total. The van der Waals surface area contributed by atoms with E-state index in [-0.39, 0.29) is 0 Å². The molecule has 2 rings (SSSR count). The summed E-state index contributed by atoms with van der Waals surface area (Å²) >= 11 is 5.86. The molecule has 0 spiro atoms. The number of hydrogen-bond acceptors (Lipinski definition) is 2. The Morgan fingerprint density at radius 1 is 1.35 bits per heavy atom. The van der Waals surface area contributed by atoms with Crippen LogP contribution in [0.5, 0.6) is 5.75 Å². The standard InChI is InChI=1S/C17H26ClNO/c1-2-3-15(6-9-18)13-19-10-7-14-4-5-17-16(12-14)8-11-20-17/h4-5,12,15,19H,2-3,6-11,13H2,1H3. The molecule has 1 unspecified atom stereocenters. The molecule has 1 aromatic carbocycles. The van der Waals surface area contributed by atoms with Crippen molar-refractivity contribution in [3.63, 3.8) is 0 Å². The second-order valence-electron chi connectivity index (χ2n) is 5.63. The summed E-state index contributed by atoms with van der Waals surface area (Å²) in [5.74, 6) is 2.58. The minimum atomic E-state index is 0.728. The lowest BCUT2D eigenvalue weighted by atomic mass is 10.0. The van der Waals surface area contributed by atoms with E-state index in [2.05, 4.69) is 30.4 Å². The maximum absolute atomic E-state index is 5.86. The highest BCUT2D eigenvalue weighted by molar-refractivity contribution is 6.17. The van der Waals surface area contributed by atoms with Crippen molar-refractivity contribution in [1.29, 1.82) is 0 Å². The molecule has 0 aromatic heterocycles. The van der Waals surface area contributed by atoms with Crippen molar-refractivity contribution in [1.82, 2.24) is 5.32 Å². The number of halogens is 1. The third-order valence-corrected chi connectivity index (χ3v) is 4.21. The van der Waals surface area contributed by atoms with Crippen LogP contribution < -0.4 is 10.1 Å². The summed E-state index contributed by atoms with van der Waals surface area (Å²) in [5, 5.41) is 3.58. The van der Waals surface area contributed by atoms with Gasteiger partial charge in [-0.25, -0.2) is 0 Å². The van der Waals surface area contributed by atoms with E-state index in [0.29, 0.717) is 0 Å². The van der Waals surface area contributed by atoms with E-state index in [1.165, 1.54) is 24.0 Å². The minimum absolute atomic E-state index is 0.728. The van der Waals surface area contributed by atoms with Crippen LogP contribution in [0.15, 0.2) is 18.2 Å². The Hall–Kier alpha value is -0.730. The first-order valence-corrected chi connectivity index (χ1v) is 8.38. The third-order valence-electron chi connectivity index (χ3n) is 3.99. The summed E-state index contributed by atoms with van der Waals surface area (Å²) < 4.78 is 5.54. The molecule has 112 valence electrons. The lowest BCUT2D eigenvalue weighted by Gasteiger charge is -2.15. The molecule has 1 aliphatic rings. The molecule has 20 heavy (non-hydrogen) atoms. The van der Waals surface area contributed by atoms with E-state index in [0.717, 1.165) is 56.5 Å². The highest BCUT2D eigenvalue weighted by Crippen LogP contribution is 2.25. The van der Waals surface area contributed by atoms with Gasteiger partial charge in [-0.1, -0.05) is 25.5 Å². The van der Waals surface area contributed by atoms with Crippen molar-refractivity contribution < 1.29 is 4.74 Å². The zero-order chi connectivity index (χ0) is 14.2. The summed E-state index contributed by atoms with van der Waals surface area (Å²) in [6, 6.07) is 6.60. The average molecular weight is 296 g/mol. The molecule has 1 aromatic rings. The quantitative estimate of drug-likeness (QED) is 0.553. The predicted molar refractivity (Wildman–Crippen MR) is 85.9 cm³/mol. The van der Waals surface area contributed by atoms with Crippen molar-refractivity contribution in [2.75, 3.05) is 25.6 Å². The van der Waals surface area contributed by atoms with Crippen LogP contribution in [-0.2, 0) is 12.8 Å². The molecular formula is C17H26ClNO. The van der Waals surface area contributed by atoms with Crippen LogP contribution in [-0.4, -0.2) is 25.6 Å². The monoisotopic (exact) mass is 295 g/mol. The van der Waals surface area contributed by atoms with Gasteiger partial charge in [0.15, 0.2) is 0 Å². The Bertz CT molecular complexity index is 402. The van der Waals surface area contributed by atoms with E-state index in [4.69, 9.17) is 16.3 Å². The maximum atomic E-state index is 5.86. The summed E-state index contributed by atoms with van der Waals surface area (Å²) in [6.07, 6.45) is 5.79. The summed E-state index contributed by atoms with van der Waals surface area (Å²) in [6.45, 7) is 5.22. The van der Waals surface area contributed by atoms with Crippen LogP contribution in [0.3, 0.4) is 0 Å². The van der Waals surface area contributed by atoms with Gasteiger partial charge in [-0.05, 0) is 55.5 Å². The van der Waals surface area contributed by atoms with Crippen molar-refractivity contribution in [2.45, 2.75) is 39.0 Å². The number of hydrogen-bond donors (Lipinski definition) is 1. The molecule has 1 atom stereocenters. The smallest absolute Gasteiger partial charge is 0.122 e. The largest absolute Gasteiger partial charge is 0.493 e. The van der Waals surface area contributed by atoms with Gasteiger partial charge in [0, 0.05) is 12.3 Å². The van der Waals surface area contributed by atoms with E-state index in [1.807, 2.05) is 0 Å². The van der Waals surface area contributed by atoms with Gasteiger partial charge in [0.2, 0.25) is 0 Å². The van der Waals surface area contributed by atoms with Gasteiger partial charge in [-0.2, -0.15) is 0 Å². The van der Waals surface area contributed by atoms with Gasteiger partial charge in [-0.15, -0.1) is 11.6 Å². The number of rotatable bonds is 9. The fraction of sp³-hybridized carbons (Fsp3) is 0.647. The third kappa shape index (κ3) is 4.68. The normalized spacial score (nSPS) is 14.9. The number of ether oxygens (including phenoxy) is 1. The Labute approximate surface area is 127 Å². The first kappa shape index (κ1) is 15.7. The minimum Gasteiger partial charge on any atom is -0.493 e. The van der Waals surface area contributed by atoms with Crippen molar-refractivity contribution in [3.8, 4) is 5.75 Å². The van der Waals surface area contributed by atoms with Crippen molar-refractivity contribution in [2.24, 2.45) is 5.92 Å². The molecule has 1 N–H and O–H groups in total. The van der Waals surface area contributed by atoms with Crippen LogP contribution in [0, 0.1) is 5.92 Å². The summed E-state index contributed by atoms with van der Waals surface area (Å²) in [4.78, 5) is 0. The molecule has 1 aliphatic heterocycles. The lowest BCUT2D eigenvalue weighted by molar-refractivity contribution is 0.357. The molecule has 0 aliphatic carbocycles. The lowest BCUT2D eigenvalue weighted by Crippen LogP contribution is -2.25. The zero-order valence-corrected chi connectivity index (χ0v) is 13.2. The summed E-state index contributed by atoms with van der Waals surface area (Å²) in [5.41, 5.74) is 2.78. The first-order valence-electron chi connectivity index (χ1n) is 7.84. The van der Waals surface area contributed by atoms with Crippen molar-refractivity contribution >= 4 is 11.6 Å². The van der Waals surface area contributed by atoms with Crippen LogP contribution in [0.2, 0.25) is 0 Å². The molecule has 1 heterocycles. The maximum Gasteiger partial charge on any atom is 0.122 e. The molecule has 0 radical (unpaired) electrons. The average Bonchev–Trinajstić information content (AvgIpc) is 2.91. The van der Waals surface area contributed by atoms with Crippen molar-refractivity contribution in [3.05, 3.63) is 29.3 Å². The molecule has 0 bridgehead atoms. The Morgan fingerprint density at radius 3 is 3.05 bits per heavy atom. The van der Waals surface area contributed by atoms with Crippen LogP contribution in [0.25, 0.3) is 0 Å².